The van der Waals surface area contributed by atoms with E-state index in [9.17, 15) is 9.90 Å². The fourth-order valence-corrected chi connectivity index (χ4v) is 1.42. The molecular weight excluding hydrogens is 192 g/mol. The summed E-state index contributed by atoms with van der Waals surface area (Å²) < 4.78 is 0. The predicted octanol–water partition coefficient (Wildman–Crippen LogP) is 0.652. The van der Waals surface area contributed by atoms with Gasteiger partial charge in [0.05, 0.1) is 13.2 Å². The van der Waals surface area contributed by atoms with E-state index >= 15 is 0 Å². The molecule has 0 aliphatic heterocycles. The molecule has 0 aromatic carbocycles. The van der Waals surface area contributed by atoms with Crippen molar-refractivity contribution in [1.82, 2.24) is 10.6 Å². The molecule has 0 aliphatic rings. The predicted molar refractivity (Wildman–Crippen MR) is 61.7 cm³/mol. The first-order valence-electron chi connectivity index (χ1n) is 5.65. The van der Waals surface area contributed by atoms with E-state index in [0.717, 1.165) is 12.8 Å². The second kappa shape index (κ2) is 6.80. The minimum Gasteiger partial charge on any atom is -0.394 e. The van der Waals surface area contributed by atoms with Crippen LogP contribution in [0.4, 0.5) is 0 Å². The molecule has 0 rings (SSSR count). The monoisotopic (exact) mass is 216 g/mol. The number of nitrogens with one attached hydrogen (secondary N) is 2. The molecular formula is C11H24N2O2. The minimum atomic E-state index is -0.311. The maximum atomic E-state index is 11.4. The normalized spacial score (nSPS) is 11.9. The molecule has 0 aliphatic carbocycles. The number of rotatable bonds is 7. The Morgan fingerprint density at radius 1 is 1.33 bits per heavy atom. The van der Waals surface area contributed by atoms with Crippen molar-refractivity contribution >= 4 is 5.91 Å². The van der Waals surface area contributed by atoms with E-state index in [4.69, 9.17) is 0 Å². The van der Waals surface area contributed by atoms with Crippen molar-refractivity contribution in [3.8, 4) is 0 Å². The fourth-order valence-electron chi connectivity index (χ4n) is 1.42. The molecule has 4 nitrogen and oxygen atoms in total. The lowest BCUT2D eigenvalue weighted by Gasteiger charge is -2.30. The Morgan fingerprint density at radius 2 is 1.87 bits per heavy atom. The van der Waals surface area contributed by atoms with E-state index in [-0.39, 0.29) is 30.6 Å². The molecule has 0 atom stereocenters. The zero-order chi connectivity index (χ0) is 11.9. The number of aliphatic hydroxyl groups is 1. The van der Waals surface area contributed by atoms with Crippen LogP contribution in [0.15, 0.2) is 0 Å². The summed E-state index contributed by atoms with van der Waals surface area (Å²) in [5.74, 6) is -0.0234. The first-order valence-corrected chi connectivity index (χ1v) is 5.65. The van der Waals surface area contributed by atoms with Crippen molar-refractivity contribution in [3.63, 3.8) is 0 Å². The van der Waals surface area contributed by atoms with Gasteiger partial charge in [0.1, 0.15) is 0 Å². The van der Waals surface area contributed by atoms with Crippen molar-refractivity contribution in [2.45, 2.75) is 52.1 Å². The van der Waals surface area contributed by atoms with Gasteiger partial charge in [0.15, 0.2) is 0 Å². The third-order valence-corrected chi connectivity index (χ3v) is 2.73. The average molecular weight is 216 g/mol. The van der Waals surface area contributed by atoms with Gasteiger partial charge in [0.25, 0.3) is 0 Å². The second-order valence-corrected chi connectivity index (χ2v) is 4.22. The number of carbonyl (C=O) groups excluding carboxylic acids is 1. The van der Waals surface area contributed by atoms with Gasteiger partial charge < -0.3 is 15.7 Å². The van der Waals surface area contributed by atoms with Crippen molar-refractivity contribution in [3.05, 3.63) is 0 Å². The third-order valence-electron chi connectivity index (χ3n) is 2.73. The highest BCUT2D eigenvalue weighted by molar-refractivity contribution is 5.78. The molecule has 0 aromatic rings. The first kappa shape index (κ1) is 14.4. The summed E-state index contributed by atoms with van der Waals surface area (Å²) in [6.45, 7) is 8.20. The van der Waals surface area contributed by atoms with Crippen LogP contribution < -0.4 is 10.6 Å². The van der Waals surface area contributed by atoms with Crippen molar-refractivity contribution < 1.29 is 9.90 Å². The topological polar surface area (TPSA) is 61.4 Å². The van der Waals surface area contributed by atoms with Crippen molar-refractivity contribution in [2.75, 3.05) is 13.2 Å². The number of carbonyl (C=O) groups is 1. The molecule has 0 saturated heterocycles. The summed E-state index contributed by atoms with van der Waals surface area (Å²) in [4.78, 5) is 11.4. The maximum absolute atomic E-state index is 11.4. The zero-order valence-corrected chi connectivity index (χ0v) is 10.3. The molecule has 4 heteroatoms. The quantitative estimate of drug-likeness (QED) is 0.585. The maximum Gasteiger partial charge on any atom is 0.234 e. The summed E-state index contributed by atoms with van der Waals surface area (Å²) in [6, 6.07) is 0.158. The highest BCUT2D eigenvalue weighted by Crippen LogP contribution is 2.13. The molecule has 0 radical (unpaired) electrons. The van der Waals surface area contributed by atoms with Crippen molar-refractivity contribution in [2.24, 2.45) is 0 Å². The van der Waals surface area contributed by atoms with E-state index in [1.807, 2.05) is 27.7 Å². The molecule has 0 bridgehead atoms. The molecule has 0 heterocycles. The van der Waals surface area contributed by atoms with Gasteiger partial charge in [-0.1, -0.05) is 13.8 Å². The van der Waals surface area contributed by atoms with Crippen LogP contribution in [0.25, 0.3) is 0 Å². The molecule has 0 spiro atoms. The molecule has 0 fully saturated rings. The van der Waals surface area contributed by atoms with Gasteiger partial charge in [-0.05, 0) is 26.7 Å². The number of hydrogen-bond donors (Lipinski definition) is 3. The van der Waals surface area contributed by atoms with Gasteiger partial charge in [-0.3, -0.25) is 4.79 Å². The Hall–Kier alpha value is -0.610. The van der Waals surface area contributed by atoms with Gasteiger partial charge in [-0.25, -0.2) is 0 Å². The highest BCUT2D eigenvalue weighted by Gasteiger charge is 2.24. The van der Waals surface area contributed by atoms with Gasteiger partial charge >= 0.3 is 0 Å². The van der Waals surface area contributed by atoms with E-state index < -0.39 is 0 Å². The van der Waals surface area contributed by atoms with E-state index in [2.05, 4.69) is 10.6 Å². The van der Waals surface area contributed by atoms with Crippen molar-refractivity contribution in [1.29, 1.82) is 0 Å². The van der Waals surface area contributed by atoms with Crippen LogP contribution in [0.3, 0.4) is 0 Å². The van der Waals surface area contributed by atoms with E-state index in [1.54, 1.807) is 0 Å². The minimum absolute atomic E-state index is 0.0234. The molecule has 0 saturated carbocycles. The Kier molecular flexibility index (Phi) is 6.52. The van der Waals surface area contributed by atoms with E-state index in [1.165, 1.54) is 0 Å². The van der Waals surface area contributed by atoms with Crippen LogP contribution in [0.2, 0.25) is 0 Å². The zero-order valence-electron chi connectivity index (χ0n) is 10.3. The largest absolute Gasteiger partial charge is 0.394 e. The Labute approximate surface area is 92.4 Å². The summed E-state index contributed by atoms with van der Waals surface area (Å²) >= 11 is 0. The Bertz CT molecular complexity index is 181. The van der Waals surface area contributed by atoms with E-state index in [0.29, 0.717) is 0 Å². The Balaban J connectivity index is 4.05. The van der Waals surface area contributed by atoms with Gasteiger partial charge in [0.2, 0.25) is 5.91 Å². The first-order chi connectivity index (χ1) is 6.99. The van der Waals surface area contributed by atoms with Crippen LogP contribution in [0.5, 0.6) is 0 Å². The standard InChI is InChI=1S/C11H24N2O2/c1-5-11(6-2,8-14)12-7-10(15)13-9(3)4/h9,12,14H,5-8H2,1-4H3,(H,13,15). The molecule has 1 amide bonds. The summed E-state index contributed by atoms with van der Waals surface area (Å²) in [5, 5.41) is 15.2. The van der Waals surface area contributed by atoms with Gasteiger partial charge in [-0.2, -0.15) is 0 Å². The molecule has 3 N–H and O–H groups in total. The lowest BCUT2D eigenvalue weighted by Crippen LogP contribution is -2.51. The molecule has 90 valence electrons. The molecule has 0 unspecified atom stereocenters. The molecule has 15 heavy (non-hydrogen) atoms. The smallest absolute Gasteiger partial charge is 0.234 e. The SMILES string of the molecule is CCC(CC)(CO)NCC(=O)NC(C)C. The number of aliphatic hydroxyl groups excluding tert-OH is 1. The number of amides is 1. The average Bonchev–Trinajstić information content (AvgIpc) is 2.20. The number of hydrogen-bond acceptors (Lipinski definition) is 3. The highest BCUT2D eigenvalue weighted by atomic mass is 16.3. The van der Waals surface area contributed by atoms with Gasteiger partial charge in [-0.15, -0.1) is 0 Å². The van der Waals surface area contributed by atoms with Crippen LogP contribution in [0.1, 0.15) is 40.5 Å². The molecule has 0 aromatic heterocycles. The van der Waals surface area contributed by atoms with Crippen LogP contribution in [-0.4, -0.2) is 35.7 Å². The van der Waals surface area contributed by atoms with Crippen LogP contribution in [-0.2, 0) is 4.79 Å². The Morgan fingerprint density at radius 3 is 2.20 bits per heavy atom. The lowest BCUT2D eigenvalue weighted by atomic mass is 9.94. The summed E-state index contributed by atoms with van der Waals surface area (Å²) in [6.07, 6.45) is 1.63. The van der Waals surface area contributed by atoms with Gasteiger partial charge in [0, 0.05) is 11.6 Å². The third kappa shape index (κ3) is 5.14. The van der Waals surface area contributed by atoms with Crippen LogP contribution >= 0.6 is 0 Å². The lowest BCUT2D eigenvalue weighted by molar-refractivity contribution is -0.121. The second-order valence-electron chi connectivity index (χ2n) is 4.22. The summed E-state index contributed by atoms with van der Waals surface area (Å²) in [7, 11) is 0. The summed E-state index contributed by atoms with van der Waals surface area (Å²) in [5.41, 5.74) is -0.311. The fraction of sp³-hybridized carbons (Fsp3) is 0.909. The van der Waals surface area contributed by atoms with Crippen LogP contribution in [0, 0.1) is 0 Å².